The summed E-state index contributed by atoms with van der Waals surface area (Å²) in [4.78, 5) is 27.0. The summed E-state index contributed by atoms with van der Waals surface area (Å²) in [5, 5.41) is 18.3. The predicted molar refractivity (Wildman–Crippen MR) is 122 cm³/mol. The highest BCUT2D eigenvalue weighted by molar-refractivity contribution is 6.30. The third-order valence-electron chi connectivity index (χ3n) is 7.76. The Kier molecular flexibility index (Phi) is 5.52. The standard InChI is InChI=1S/C24H24ClF3N4O5/c25-15-1-2-18-16(3-15)17(33)4-19(37-18)20(34)30-22-10-23(11-22,12-22)32-8-14(5-29-32)21(35)31-6-13(7-31)9-36-24(26,27)28/h1-3,5,8,13,17,19,33H,4,6-7,9-12H2,(H,30,34)/t17-,19-,22?,23?/m1/s1. The number of hydrogen-bond donors (Lipinski definition) is 2. The van der Waals surface area contributed by atoms with E-state index in [1.54, 1.807) is 29.1 Å². The lowest BCUT2D eigenvalue weighted by Gasteiger charge is -2.70. The number of nitrogens with zero attached hydrogens (tertiary/aromatic N) is 3. The fraction of sp³-hybridized carbons (Fsp3) is 0.542. The maximum Gasteiger partial charge on any atom is 0.522 e. The molecule has 2 aliphatic heterocycles. The lowest BCUT2D eigenvalue weighted by atomic mass is 9.44. The highest BCUT2D eigenvalue weighted by Gasteiger charge is 2.70. The van der Waals surface area contributed by atoms with Crippen LogP contribution in [0.15, 0.2) is 30.6 Å². The van der Waals surface area contributed by atoms with Crippen LogP contribution in [0.4, 0.5) is 13.2 Å². The van der Waals surface area contributed by atoms with Crippen LogP contribution in [0.5, 0.6) is 5.75 Å². The number of benzene rings is 1. The van der Waals surface area contributed by atoms with Crippen LogP contribution >= 0.6 is 11.6 Å². The van der Waals surface area contributed by atoms with Gasteiger partial charge in [-0.15, -0.1) is 13.2 Å². The zero-order chi connectivity index (χ0) is 26.2. The quantitative estimate of drug-likeness (QED) is 0.584. The molecule has 9 nitrogen and oxygen atoms in total. The van der Waals surface area contributed by atoms with Crippen molar-refractivity contribution < 1.29 is 37.3 Å². The number of alkyl halides is 3. The number of hydrogen-bond acceptors (Lipinski definition) is 6. The van der Waals surface area contributed by atoms with Crippen LogP contribution in [0, 0.1) is 5.92 Å². The summed E-state index contributed by atoms with van der Waals surface area (Å²) in [6.07, 6.45) is -1.11. The number of carbonyl (C=O) groups excluding carboxylic acids is 2. The van der Waals surface area contributed by atoms with Gasteiger partial charge in [0.05, 0.1) is 30.0 Å². The molecule has 5 aliphatic rings. The van der Waals surface area contributed by atoms with Gasteiger partial charge in [0.25, 0.3) is 11.8 Å². The zero-order valence-electron chi connectivity index (χ0n) is 19.5. The third-order valence-corrected chi connectivity index (χ3v) is 8.00. The van der Waals surface area contributed by atoms with E-state index in [4.69, 9.17) is 16.3 Å². The van der Waals surface area contributed by atoms with Crippen molar-refractivity contribution in [1.29, 1.82) is 0 Å². The number of aliphatic hydroxyl groups is 1. The second-order valence-corrected chi connectivity index (χ2v) is 11.0. The topological polar surface area (TPSA) is 106 Å². The Balaban J connectivity index is 1.00. The van der Waals surface area contributed by atoms with E-state index in [2.05, 4.69) is 15.2 Å². The van der Waals surface area contributed by atoms with Crippen LogP contribution in [0.3, 0.4) is 0 Å². The molecule has 13 heteroatoms. The van der Waals surface area contributed by atoms with E-state index in [1.807, 2.05) is 0 Å². The number of ether oxygens (including phenoxy) is 2. The molecule has 7 rings (SSSR count). The first-order valence-electron chi connectivity index (χ1n) is 12.0. The summed E-state index contributed by atoms with van der Waals surface area (Å²) in [5.74, 6) is -0.473. The number of rotatable bonds is 6. The van der Waals surface area contributed by atoms with Crippen molar-refractivity contribution >= 4 is 23.4 Å². The van der Waals surface area contributed by atoms with E-state index in [0.29, 0.717) is 41.2 Å². The van der Waals surface area contributed by atoms with E-state index in [9.17, 15) is 27.9 Å². The second-order valence-electron chi connectivity index (χ2n) is 10.6. The molecule has 2 amide bonds. The van der Waals surface area contributed by atoms with Crippen molar-refractivity contribution in [2.75, 3.05) is 19.7 Å². The van der Waals surface area contributed by atoms with Gasteiger partial charge in [-0.25, -0.2) is 0 Å². The molecule has 1 aromatic heterocycles. The summed E-state index contributed by atoms with van der Waals surface area (Å²) in [6, 6.07) is 4.92. The highest BCUT2D eigenvalue weighted by Crippen LogP contribution is 2.65. The summed E-state index contributed by atoms with van der Waals surface area (Å²) >= 11 is 5.99. The smallest absolute Gasteiger partial charge is 0.480 e. The molecule has 1 saturated heterocycles. The summed E-state index contributed by atoms with van der Waals surface area (Å²) in [7, 11) is 0. The van der Waals surface area contributed by atoms with E-state index >= 15 is 0 Å². The summed E-state index contributed by atoms with van der Waals surface area (Å²) < 4.78 is 47.9. The van der Waals surface area contributed by atoms with Gasteiger partial charge in [0.1, 0.15) is 5.75 Å². The molecule has 2 atom stereocenters. The summed E-state index contributed by atoms with van der Waals surface area (Å²) in [5.41, 5.74) is 0.292. The normalized spacial score (nSPS) is 30.4. The van der Waals surface area contributed by atoms with Crippen molar-refractivity contribution in [2.45, 2.75) is 55.3 Å². The Labute approximate surface area is 214 Å². The number of amides is 2. The molecule has 4 fully saturated rings. The molecule has 0 radical (unpaired) electrons. The van der Waals surface area contributed by atoms with Gasteiger partial charge in [-0.2, -0.15) is 5.10 Å². The van der Waals surface area contributed by atoms with Gasteiger partial charge in [-0.1, -0.05) is 11.6 Å². The fourth-order valence-electron chi connectivity index (χ4n) is 5.96. The zero-order valence-corrected chi connectivity index (χ0v) is 20.3. The van der Waals surface area contributed by atoms with Gasteiger partial charge in [-0.05, 0) is 37.5 Å². The van der Waals surface area contributed by atoms with Crippen LogP contribution in [0.1, 0.15) is 47.7 Å². The average molecular weight is 541 g/mol. The lowest BCUT2D eigenvalue weighted by molar-refractivity contribution is -0.330. The molecule has 3 aliphatic carbocycles. The Bertz CT molecular complexity index is 1240. The molecule has 2 bridgehead atoms. The molecule has 3 heterocycles. The maximum absolute atomic E-state index is 12.9. The minimum atomic E-state index is -4.67. The van der Waals surface area contributed by atoms with Crippen molar-refractivity contribution in [2.24, 2.45) is 5.92 Å². The number of fused-ring (bicyclic) bond motifs is 1. The van der Waals surface area contributed by atoms with Crippen molar-refractivity contribution in [1.82, 2.24) is 20.0 Å². The van der Waals surface area contributed by atoms with E-state index < -0.39 is 25.2 Å². The first kappa shape index (κ1) is 24.5. The fourth-order valence-corrected chi connectivity index (χ4v) is 6.14. The number of aliphatic hydroxyl groups excluding tert-OH is 1. The number of likely N-dealkylation sites (tertiary alicyclic amines) is 1. The van der Waals surface area contributed by atoms with Crippen molar-refractivity contribution in [3.8, 4) is 5.75 Å². The van der Waals surface area contributed by atoms with Crippen LogP contribution in [0.2, 0.25) is 5.02 Å². The molecule has 3 saturated carbocycles. The summed E-state index contributed by atoms with van der Waals surface area (Å²) in [6.45, 7) is -0.0547. The highest BCUT2D eigenvalue weighted by atomic mass is 35.5. The van der Waals surface area contributed by atoms with Crippen LogP contribution in [-0.4, -0.2) is 69.3 Å². The number of aromatic nitrogens is 2. The van der Waals surface area contributed by atoms with E-state index in [1.165, 1.54) is 11.1 Å². The molecule has 0 unspecified atom stereocenters. The Morgan fingerprint density at radius 1 is 1.27 bits per heavy atom. The van der Waals surface area contributed by atoms with Gasteiger partial charge >= 0.3 is 6.36 Å². The van der Waals surface area contributed by atoms with Crippen molar-refractivity contribution in [3.63, 3.8) is 0 Å². The first-order chi connectivity index (χ1) is 17.4. The molecule has 0 spiro atoms. The maximum atomic E-state index is 12.9. The molecule has 1 aromatic carbocycles. The van der Waals surface area contributed by atoms with Crippen molar-refractivity contribution in [3.05, 3.63) is 46.7 Å². The Hall–Kier alpha value is -2.83. The monoisotopic (exact) mass is 540 g/mol. The second kappa shape index (κ2) is 8.34. The first-order valence-corrected chi connectivity index (χ1v) is 12.3. The molecule has 198 valence electrons. The lowest BCUT2D eigenvalue weighted by Crippen LogP contribution is -2.79. The predicted octanol–water partition coefficient (Wildman–Crippen LogP) is 2.78. The molecular weight excluding hydrogens is 517 g/mol. The van der Waals surface area contributed by atoms with E-state index in [0.717, 1.165) is 0 Å². The third kappa shape index (κ3) is 4.34. The Morgan fingerprint density at radius 3 is 2.70 bits per heavy atom. The molecule has 2 N–H and O–H groups in total. The van der Waals surface area contributed by atoms with Gasteiger partial charge in [0.2, 0.25) is 0 Å². The van der Waals surface area contributed by atoms with Gasteiger partial charge in [-0.3, -0.25) is 19.0 Å². The number of halogens is 4. The van der Waals surface area contributed by atoms with Crippen LogP contribution in [-0.2, 0) is 15.1 Å². The SMILES string of the molecule is O=C(NC12CC(n3cc(C(=O)N4CC(COC(F)(F)F)C4)cn3)(C1)C2)[C@H]1C[C@@H](O)c2cc(Cl)ccc2O1. The Morgan fingerprint density at radius 2 is 2.00 bits per heavy atom. The number of carbonyl (C=O) groups is 2. The minimum Gasteiger partial charge on any atom is -0.480 e. The molecule has 37 heavy (non-hydrogen) atoms. The largest absolute Gasteiger partial charge is 0.522 e. The van der Waals surface area contributed by atoms with Crippen LogP contribution in [0.25, 0.3) is 0 Å². The van der Waals surface area contributed by atoms with E-state index in [-0.39, 0.29) is 48.3 Å². The minimum absolute atomic E-state index is 0.130. The van der Waals surface area contributed by atoms with Gasteiger partial charge < -0.3 is 20.1 Å². The average Bonchev–Trinajstić information content (AvgIpc) is 3.23. The molecule has 2 aromatic rings. The van der Waals surface area contributed by atoms with Gasteiger partial charge in [0, 0.05) is 47.8 Å². The molecular formula is C24H24ClF3N4O5. The van der Waals surface area contributed by atoms with Gasteiger partial charge in [0.15, 0.2) is 6.10 Å². The number of nitrogens with one attached hydrogen (secondary N) is 1. The van der Waals surface area contributed by atoms with Crippen LogP contribution < -0.4 is 10.1 Å².